The summed E-state index contributed by atoms with van der Waals surface area (Å²) in [5, 5.41) is 7.03. The Labute approximate surface area is 166 Å². The number of benzene rings is 2. The van der Waals surface area contributed by atoms with Crippen LogP contribution in [0, 0.1) is 13.8 Å². The van der Waals surface area contributed by atoms with Gasteiger partial charge in [0.1, 0.15) is 0 Å². The largest absolute Gasteiger partial charge is 0.417 e. The van der Waals surface area contributed by atoms with E-state index in [9.17, 15) is 18.0 Å². The maximum Gasteiger partial charge on any atom is 0.417 e. The normalized spacial score (nSPS) is 12.1. The standard InChI is InChI=1S/C22H20F3N3O/c1-15-19(16(2)28(27-15)18-11-7-4-8-12-18)14-26-21(29)13-20(22(23,24)25)17-9-5-3-6-10-17/h3-13H,14H2,1-2H3,(H,26,29)/b20-13-. The van der Waals surface area contributed by atoms with Crippen molar-refractivity contribution >= 4 is 11.5 Å². The van der Waals surface area contributed by atoms with Crippen LogP contribution in [0.4, 0.5) is 13.2 Å². The van der Waals surface area contributed by atoms with E-state index in [1.807, 2.05) is 37.3 Å². The highest BCUT2D eigenvalue weighted by atomic mass is 19.4. The fraction of sp³-hybridized carbons (Fsp3) is 0.182. The number of hydrogen-bond acceptors (Lipinski definition) is 2. The molecule has 0 aliphatic rings. The first-order chi connectivity index (χ1) is 13.8. The van der Waals surface area contributed by atoms with Crippen molar-refractivity contribution in [1.82, 2.24) is 15.1 Å². The van der Waals surface area contributed by atoms with Crippen LogP contribution in [0.3, 0.4) is 0 Å². The summed E-state index contributed by atoms with van der Waals surface area (Å²) in [6, 6.07) is 16.7. The van der Waals surface area contributed by atoms with E-state index >= 15 is 0 Å². The van der Waals surface area contributed by atoms with Gasteiger partial charge in [-0.15, -0.1) is 0 Å². The molecule has 0 aliphatic heterocycles. The maximum atomic E-state index is 13.4. The fourth-order valence-corrected chi connectivity index (χ4v) is 3.06. The summed E-state index contributed by atoms with van der Waals surface area (Å²) in [7, 11) is 0. The summed E-state index contributed by atoms with van der Waals surface area (Å²) in [4.78, 5) is 12.2. The molecule has 1 aromatic heterocycles. The van der Waals surface area contributed by atoms with E-state index in [0.717, 1.165) is 16.9 Å². The lowest BCUT2D eigenvalue weighted by Gasteiger charge is -2.12. The van der Waals surface area contributed by atoms with Crippen molar-refractivity contribution < 1.29 is 18.0 Å². The molecular weight excluding hydrogens is 379 g/mol. The van der Waals surface area contributed by atoms with Crippen LogP contribution in [0.15, 0.2) is 66.7 Å². The van der Waals surface area contributed by atoms with Crippen molar-refractivity contribution in [1.29, 1.82) is 0 Å². The van der Waals surface area contributed by atoms with Gasteiger partial charge in [0.05, 0.1) is 17.0 Å². The summed E-state index contributed by atoms with van der Waals surface area (Å²) in [5.74, 6) is -0.813. The molecule has 2 aromatic carbocycles. The van der Waals surface area contributed by atoms with Gasteiger partial charge < -0.3 is 5.32 Å². The smallest absolute Gasteiger partial charge is 0.348 e. The van der Waals surface area contributed by atoms with Crippen LogP contribution in [-0.2, 0) is 11.3 Å². The molecule has 0 saturated heterocycles. The Balaban J connectivity index is 1.80. The maximum absolute atomic E-state index is 13.4. The highest BCUT2D eigenvalue weighted by Crippen LogP contribution is 2.33. The van der Waals surface area contributed by atoms with E-state index in [1.54, 1.807) is 17.7 Å². The van der Waals surface area contributed by atoms with Crippen LogP contribution >= 0.6 is 0 Å². The van der Waals surface area contributed by atoms with Gasteiger partial charge in [0.25, 0.3) is 0 Å². The topological polar surface area (TPSA) is 46.9 Å². The van der Waals surface area contributed by atoms with Gasteiger partial charge in [-0.2, -0.15) is 18.3 Å². The number of halogens is 3. The number of nitrogens with one attached hydrogen (secondary N) is 1. The van der Waals surface area contributed by atoms with Crippen LogP contribution in [0.2, 0.25) is 0 Å². The second-order valence-electron chi connectivity index (χ2n) is 6.54. The third-order valence-corrected chi connectivity index (χ3v) is 4.55. The van der Waals surface area contributed by atoms with E-state index < -0.39 is 17.7 Å². The van der Waals surface area contributed by atoms with Gasteiger partial charge in [-0.3, -0.25) is 4.79 Å². The van der Waals surface area contributed by atoms with Crippen LogP contribution in [0.25, 0.3) is 11.3 Å². The van der Waals surface area contributed by atoms with E-state index in [2.05, 4.69) is 10.4 Å². The van der Waals surface area contributed by atoms with Gasteiger partial charge in [0.15, 0.2) is 0 Å². The molecule has 0 aliphatic carbocycles. The molecule has 0 fully saturated rings. The zero-order chi connectivity index (χ0) is 21.0. The zero-order valence-electron chi connectivity index (χ0n) is 16.0. The number of amides is 1. The van der Waals surface area contributed by atoms with E-state index in [-0.39, 0.29) is 12.1 Å². The molecule has 1 amide bonds. The minimum atomic E-state index is -4.64. The number of hydrogen-bond donors (Lipinski definition) is 1. The molecule has 150 valence electrons. The van der Waals surface area contributed by atoms with E-state index in [4.69, 9.17) is 0 Å². The Kier molecular flexibility index (Phi) is 5.87. The van der Waals surface area contributed by atoms with Crippen molar-refractivity contribution in [3.05, 3.63) is 89.3 Å². The Morgan fingerprint density at radius 3 is 2.21 bits per heavy atom. The van der Waals surface area contributed by atoms with Gasteiger partial charge in [0.2, 0.25) is 5.91 Å². The first-order valence-corrected chi connectivity index (χ1v) is 9.00. The molecule has 7 heteroatoms. The van der Waals surface area contributed by atoms with Crippen molar-refractivity contribution in [3.8, 4) is 5.69 Å². The number of alkyl halides is 3. The Bertz CT molecular complexity index is 1020. The second kappa shape index (κ2) is 8.34. The van der Waals surface area contributed by atoms with Crippen molar-refractivity contribution in [3.63, 3.8) is 0 Å². The van der Waals surface area contributed by atoms with Crippen molar-refractivity contribution in [2.75, 3.05) is 0 Å². The zero-order valence-corrected chi connectivity index (χ0v) is 16.0. The lowest BCUT2D eigenvalue weighted by atomic mass is 10.1. The van der Waals surface area contributed by atoms with E-state index in [0.29, 0.717) is 11.8 Å². The van der Waals surface area contributed by atoms with Crippen molar-refractivity contribution in [2.45, 2.75) is 26.6 Å². The van der Waals surface area contributed by atoms with Crippen LogP contribution in [0.1, 0.15) is 22.5 Å². The summed E-state index contributed by atoms with van der Waals surface area (Å²) < 4.78 is 41.9. The number of aryl methyl sites for hydroxylation is 1. The summed E-state index contributed by atoms with van der Waals surface area (Å²) in [5.41, 5.74) is 2.12. The molecular formula is C22H20F3N3O. The molecule has 0 unspecified atom stereocenters. The predicted octanol–water partition coefficient (Wildman–Crippen LogP) is 4.75. The number of para-hydroxylation sites is 1. The molecule has 1 N–H and O–H groups in total. The minimum Gasteiger partial charge on any atom is -0.348 e. The second-order valence-corrected chi connectivity index (χ2v) is 6.54. The summed E-state index contributed by atoms with van der Waals surface area (Å²) in [6.07, 6.45) is -4.04. The third kappa shape index (κ3) is 4.74. The monoisotopic (exact) mass is 399 g/mol. The number of carbonyl (C=O) groups is 1. The SMILES string of the molecule is Cc1nn(-c2ccccc2)c(C)c1CNC(=O)/C=C(/c1ccccc1)C(F)(F)F. The molecule has 0 radical (unpaired) electrons. The molecule has 0 saturated carbocycles. The summed E-state index contributed by atoms with van der Waals surface area (Å²) in [6.45, 7) is 3.74. The van der Waals surface area contributed by atoms with Gasteiger partial charge in [-0.05, 0) is 31.5 Å². The highest BCUT2D eigenvalue weighted by molar-refractivity contribution is 5.96. The van der Waals surface area contributed by atoms with Crippen LogP contribution in [-0.4, -0.2) is 21.9 Å². The Morgan fingerprint density at radius 2 is 1.62 bits per heavy atom. The molecule has 1 heterocycles. The average Bonchev–Trinajstić information content (AvgIpc) is 2.98. The minimum absolute atomic E-state index is 0.0561. The molecule has 0 spiro atoms. The lowest BCUT2D eigenvalue weighted by Crippen LogP contribution is -2.23. The number of allylic oxidation sites excluding steroid dienone is 1. The third-order valence-electron chi connectivity index (χ3n) is 4.55. The first-order valence-electron chi connectivity index (χ1n) is 9.00. The number of rotatable bonds is 5. The molecule has 0 atom stereocenters. The van der Waals surface area contributed by atoms with Gasteiger partial charge in [-0.1, -0.05) is 48.5 Å². The molecule has 4 nitrogen and oxygen atoms in total. The van der Waals surface area contributed by atoms with E-state index in [1.165, 1.54) is 24.3 Å². The van der Waals surface area contributed by atoms with Gasteiger partial charge in [-0.25, -0.2) is 4.68 Å². The number of nitrogens with zero attached hydrogens (tertiary/aromatic N) is 2. The Hall–Kier alpha value is -3.35. The van der Waals surface area contributed by atoms with Gasteiger partial charge >= 0.3 is 6.18 Å². The van der Waals surface area contributed by atoms with Crippen LogP contribution < -0.4 is 5.32 Å². The average molecular weight is 399 g/mol. The highest BCUT2D eigenvalue weighted by Gasteiger charge is 2.35. The molecule has 0 bridgehead atoms. The van der Waals surface area contributed by atoms with Gasteiger partial charge in [0, 0.05) is 23.9 Å². The number of aromatic nitrogens is 2. The predicted molar refractivity (Wildman–Crippen MR) is 105 cm³/mol. The summed E-state index contributed by atoms with van der Waals surface area (Å²) >= 11 is 0. The lowest BCUT2D eigenvalue weighted by molar-refractivity contribution is -0.117. The quantitative estimate of drug-likeness (QED) is 0.630. The molecule has 3 aromatic rings. The number of carbonyl (C=O) groups excluding carboxylic acids is 1. The molecule has 3 rings (SSSR count). The fourth-order valence-electron chi connectivity index (χ4n) is 3.06. The Morgan fingerprint density at radius 1 is 1.03 bits per heavy atom. The first kappa shape index (κ1) is 20.4. The molecule has 29 heavy (non-hydrogen) atoms. The van der Waals surface area contributed by atoms with Crippen LogP contribution in [0.5, 0.6) is 0 Å². The van der Waals surface area contributed by atoms with Crippen molar-refractivity contribution in [2.24, 2.45) is 0 Å².